The van der Waals surface area contributed by atoms with Crippen LogP contribution in [0.4, 0.5) is 0 Å². The molecule has 14 heavy (non-hydrogen) atoms. The van der Waals surface area contributed by atoms with Crippen LogP contribution in [-0.4, -0.2) is 31.6 Å². The Bertz CT molecular complexity index is 246. The highest BCUT2D eigenvalue weighted by atomic mass is 16.5. The topological polar surface area (TPSA) is 12.5 Å². The molecule has 0 radical (unpaired) electrons. The molecule has 0 N–H and O–H groups in total. The fourth-order valence-electron chi connectivity index (χ4n) is 1.35. The van der Waals surface area contributed by atoms with Gasteiger partial charge in [0.05, 0.1) is 0 Å². The molecule has 0 aliphatic rings. The van der Waals surface area contributed by atoms with E-state index in [-0.39, 0.29) is 6.10 Å². The van der Waals surface area contributed by atoms with Gasteiger partial charge in [0.2, 0.25) is 0 Å². The van der Waals surface area contributed by atoms with Crippen LogP contribution in [0.1, 0.15) is 13.3 Å². The van der Waals surface area contributed by atoms with Crippen molar-refractivity contribution in [3.8, 4) is 5.75 Å². The summed E-state index contributed by atoms with van der Waals surface area (Å²) in [4.78, 5) is 2.15. The van der Waals surface area contributed by atoms with Crippen LogP contribution in [0, 0.1) is 0 Å². The van der Waals surface area contributed by atoms with Gasteiger partial charge in [0.1, 0.15) is 11.9 Å². The largest absolute Gasteiger partial charge is 0.489 e. The van der Waals surface area contributed by atoms with Crippen LogP contribution in [0.3, 0.4) is 0 Å². The number of benzene rings is 1. The molecule has 0 saturated carbocycles. The Hall–Kier alpha value is -1.02. The number of rotatable bonds is 5. The van der Waals surface area contributed by atoms with Gasteiger partial charge in [-0.3, -0.25) is 0 Å². The molecule has 0 aliphatic carbocycles. The lowest BCUT2D eigenvalue weighted by Gasteiger charge is -2.21. The Morgan fingerprint density at radius 2 is 1.86 bits per heavy atom. The second-order valence-electron chi connectivity index (χ2n) is 3.72. The zero-order chi connectivity index (χ0) is 10.4. The normalized spacial score (nSPS) is 12.9. The molecule has 78 valence electrons. The predicted molar refractivity (Wildman–Crippen MR) is 59.7 cm³/mol. The molecule has 0 spiro atoms. The number of nitrogens with zero attached hydrogens (tertiary/aromatic N) is 1. The van der Waals surface area contributed by atoms with Crippen LogP contribution in [0.2, 0.25) is 0 Å². The van der Waals surface area contributed by atoms with E-state index < -0.39 is 0 Å². The van der Waals surface area contributed by atoms with Crippen LogP contribution < -0.4 is 4.74 Å². The summed E-state index contributed by atoms with van der Waals surface area (Å²) in [5, 5.41) is 0. The minimum atomic E-state index is 0.285. The summed E-state index contributed by atoms with van der Waals surface area (Å²) in [5.74, 6) is 0.959. The fraction of sp³-hybridized carbons (Fsp3) is 0.500. The zero-order valence-electron chi connectivity index (χ0n) is 9.23. The summed E-state index contributed by atoms with van der Waals surface area (Å²) in [6, 6.07) is 9.99. The van der Waals surface area contributed by atoms with Gasteiger partial charge in [-0.05, 0) is 32.6 Å². The molecule has 1 aromatic carbocycles. The lowest BCUT2D eigenvalue weighted by Crippen LogP contribution is -2.30. The monoisotopic (exact) mass is 193 g/mol. The molecule has 0 aromatic heterocycles. The first-order valence-electron chi connectivity index (χ1n) is 5.08. The highest BCUT2D eigenvalue weighted by Gasteiger charge is 2.08. The van der Waals surface area contributed by atoms with Crippen LogP contribution in [0.15, 0.2) is 30.3 Å². The molecular weight excluding hydrogens is 174 g/mol. The van der Waals surface area contributed by atoms with Crippen molar-refractivity contribution >= 4 is 0 Å². The van der Waals surface area contributed by atoms with E-state index in [0.717, 1.165) is 18.7 Å². The van der Waals surface area contributed by atoms with Gasteiger partial charge >= 0.3 is 0 Å². The first-order valence-corrected chi connectivity index (χ1v) is 5.08. The van der Waals surface area contributed by atoms with Crippen molar-refractivity contribution in [1.82, 2.24) is 4.90 Å². The molecular formula is C12H19NO. The van der Waals surface area contributed by atoms with Gasteiger partial charge in [-0.15, -0.1) is 0 Å². The van der Waals surface area contributed by atoms with Gasteiger partial charge in [-0.1, -0.05) is 25.1 Å². The molecule has 0 saturated heterocycles. The maximum Gasteiger partial charge on any atom is 0.119 e. The van der Waals surface area contributed by atoms with Gasteiger partial charge in [0.15, 0.2) is 0 Å². The van der Waals surface area contributed by atoms with Gasteiger partial charge in [-0.25, -0.2) is 0 Å². The van der Waals surface area contributed by atoms with Gasteiger partial charge in [-0.2, -0.15) is 0 Å². The maximum atomic E-state index is 5.83. The van der Waals surface area contributed by atoms with E-state index in [2.05, 4.69) is 25.9 Å². The highest BCUT2D eigenvalue weighted by molar-refractivity contribution is 5.21. The minimum absolute atomic E-state index is 0.285. The van der Waals surface area contributed by atoms with Gasteiger partial charge in [0, 0.05) is 6.54 Å². The second-order valence-corrected chi connectivity index (χ2v) is 3.72. The van der Waals surface area contributed by atoms with E-state index in [1.54, 1.807) is 0 Å². The van der Waals surface area contributed by atoms with Crippen molar-refractivity contribution in [2.45, 2.75) is 19.4 Å². The molecule has 2 nitrogen and oxygen atoms in total. The lowest BCUT2D eigenvalue weighted by atomic mass is 10.2. The predicted octanol–water partition coefficient (Wildman–Crippen LogP) is 2.41. The molecule has 1 aromatic rings. The van der Waals surface area contributed by atoms with Crippen molar-refractivity contribution in [1.29, 1.82) is 0 Å². The summed E-state index contributed by atoms with van der Waals surface area (Å²) in [5.41, 5.74) is 0. The zero-order valence-corrected chi connectivity index (χ0v) is 9.23. The van der Waals surface area contributed by atoms with E-state index in [1.807, 2.05) is 30.3 Å². The van der Waals surface area contributed by atoms with Crippen LogP contribution in [-0.2, 0) is 0 Å². The Morgan fingerprint density at radius 1 is 1.21 bits per heavy atom. The number of hydrogen-bond acceptors (Lipinski definition) is 2. The Labute approximate surface area is 86.5 Å². The summed E-state index contributed by atoms with van der Waals surface area (Å²) in [6.45, 7) is 3.11. The molecule has 0 amide bonds. The van der Waals surface area contributed by atoms with E-state index in [0.29, 0.717) is 0 Å². The van der Waals surface area contributed by atoms with E-state index in [9.17, 15) is 0 Å². The van der Waals surface area contributed by atoms with Crippen molar-refractivity contribution in [3.63, 3.8) is 0 Å². The smallest absolute Gasteiger partial charge is 0.119 e. The summed E-state index contributed by atoms with van der Waals surface area (Å²) in [6.07, 6.45) is 1.32. The first-order chi connectivity index (χ1) is 6.72. The third-order valence-electron chi connectivity index (χ3n) is 2.07. The summed E-state index contributed by atoms with van der Waals surface area (Å²) >= 11 is 0. The van der Waals surface area contributed by atoms with Crippen LogP contribution >= 0.6 is 0 Å². The molecule has 0 heterocycles. The second kappa shape index (κ2) is 5.66. The Morgan fingerprint density at radius 3 is 2.36 bits per heavy atom. The van der Waals surface area contributed by atoms with E-state index >= 15 is 0 Å². The molecule has 2 heteroatoms. The summed E-state index contributed by atoms with van der Waals surface area (Å²) < 4.78 is 5.83. The van der Waals surface area contributed by atoms with Crippen molar-refractivity contribution in [2.24, 2.45) is 0 Å². The number of para-hydroxylation sites is 1. The van der Waals surface area contributed by atoms with Crippen molar-refractivity contribution < 1.29 is 4.74 Å². The third-order valence-corrected chi connectivity index (χ3v) is 2.07. The van der Waals surface area contributed by atoms with Crippen molar-refractivity contribution in [3.05, 3.63) is 30.3 Å². The lowest BCUT2D eigenvalue weighted by molar-refractivity contribution is 0.156. The number of likely N-dealkylation sites (N-methyl/N-ethyl adjacent to an activating group) is 1. The van der Waals surface area contributed by atoms with Crippen LogP contribution in [0.25, 0.3) is 0 Å². The first kappa shape index (κ1) is 11.1. The van der Waals surface area contributed by atoms with Gasteiger partial charge in [0.25, 0.3) is 0 Å². The molecule has 1 unspecified atom stereocenters. The molecule has 1 rings (SSSR count). The van der Waals surface area contributed by atoms with E-state index in [4.69, 9.17) is 4.74 Å². The quantitative estimate of drug-likeness (QED) is 0.712. The fourth-order valence-corrected chi connectivity index (χ4v) is 1.35. The molecule has 0 fully saturated rings. The standard InChI is InChI=1S/C12H19NO/c1-4-11(10-13(2)3)14-12-8-6-5-7-9-12/h5-9,11H,4,10H2,1-3H3. The van der Waals surface area contributed by atoms with Crippen molar-refractivity contribution in [2.75, 3.05) is 20.6 Å². The maximum absolute atomic E-state index is 5.83. The van der Waals surface area contributed by atoms with Gasteiger partial charge < -0.3 is 9.64 Å². The number of ether oxygens (including phenoxy) is 1. The highest BCUT2D eigenvalue weighted by Crippen LogP contribution is 2.12. The molecule has 0 bridgehead atoms. The average Bonchev–Trinajstić information content (AvgIpc) is 2.17. The number of hydrogen-bond donors (Lipinski definition) is 0. The average molecular weight is 193 g/mol. The molecule has 1 atom stereocenters. The summed E-state index contributed by atoms with van der Waals surface area (Å²) in [7, 11) is 4.13. The minimum Gasteiger partial charge on any atom is -0.489 e. The Balaban J connectivity index is 2.48. The third kappa shape index (κ3) is 3.79. The molecule has 0 aliphatic heterocycles. The Kier molecular flexibility index (Phi) is 4.47. The van der Waals surface area contributed by atoms with Crippen LogP contribution in [0.5, 0.6) is 5.75 Å². The van der Waals surface area contributed by atoms with E-state index in [1.165, 1.54) is 0 Å². The SMILES string of the molecule is CCC(CN(C)C)Oc1ccccc1.